The van der Waals surface area contributed by atoms with Crippen molar-refractivity contribution in [2.24, 2.45) is 0 Å². The molecule has 3 aromatic heterocycles. The summed E-state index contributed by atoms with van der Waals surface area (Å²) in [5.74, 6) is -7.53. The van der Waals surface area contributed by atoms with E-state index in [1.807, 2.05) is 43.3 Å². The molecule has 3 N–H and O–H groups in total. The SMILES string of the molecule is Cc1cccc(CN2CCC3(CCn4c3nn(Cc3ccccn3)c(=O)c4=O)C2)n1.O=C(O)C(F)(F)F.O=C(O)C(F)(F)F.O=C(O)C(F)(F)F. The Morgan fingerprint density at radius 1 is 0.745 bits per heavy atom. The van der Waals surface area contributed by atoms with E-state index in [0.717, 1.165) is 49.7 Å². The van der Waals surface area contributed by atoms with E-state index in [-0.39, 0.29) is 12.0 Å². The minimum absolute atomic E-state index is 0.192. The number of pyridine rings is 2. The Morgan fingerprint density at radius 2 is 1.25 bits per heavy atom. The van der Waals surface area contributed by atoms with E-state index >= 15 is 0 Å². The molecule has 23 heteroatoms. The van der Waals surface area contributed by atoms with Crippen LogP contribution in [0.15, 0.2) is 52.2 Å². The number of aliphatic carboxylic acids is 3. The predicted molar refractivity (Wildman–Crippen MR) is 152 cm³/mol. The van der Waals surface area contributed by atoms with Crippen LogP contribution in [-0.2, 0) is 39.4 Å². The fourth-order valence-corrected chi connectivity index (χ4v) is 4.72. The molecular formula is C28H27F9N6O8. The maximum absolute atomic E-state index is 12.8. The predicted octanol–water partition coefficient (Wildman–Crippen LogP) is 3.00. The number of nitrogens with zero attached hydrogens (tertiary/aromatic N) is 6. The van der Waals surface area contributed by atoms with Crippen molar-refractivity contribution in [2.45, 2.75) is 63.3 Å². The van der Waals surface area contributed by atoms with Crippen LogP contribution in [0.5, 0.6) is 0 Å². The minimum atomic E-state index is -5.08. The van der Waals surface area contributed by atoms with Crippen LogP contribution in [-0.4, -0.2) is 94.1 Å². The zero-order valence-corrected chi connectivity index (χ0v) is 26.0. The van der Waals surface area contributed by atoms with E-state index in [1.165, 1.54) is 4.68 Å². The van der Waals surface area contributed by atoms with Gasteiger partial charge in [-0.1, -0.05) is 12.1 Å². The van der Waals surface area contributed by atoms with Gasteiger partial charge in [0.1, 0.15) is 5.82 Å². The summed E-state index contributed by atoms with van der Waals surface area (Å²) in [5.41, 5.74) is 1.52. The molecule has 51 heavy (non-hydrogen) atoms. The Bertz CT molecular complexity index is 1750. The summed E-state index contributed by atoms with van der Waals surface area (Å²) in [5, 5.41) is 26.1. The van der Waals surface area contributed by atoms with Gasteiger partial charge in [0.05, 0.1) is 17.9 Å². The molecule has 1 spiro atoms. The standard InChI is InChI=1S/C22H24N6O2.3C2HF3O2/c1-16-5-4-7-18(24-16)13-26-11-8-22(15-26)9-12-27-19(29)20(30)28(25-21(22)27)14-17-6-2-3-10-23-17;3*3-2(4,5)1(6)7/h2-7,10H,8-9,11-15H2,1H3;3*(H,6,7). The monoisotopic (exact) mass is 746 g/mol. The van der Waals surface area contributed by atoms with Crippen molar-refractivity contribution in [3.63, 3.8) is 0 Å². The molecule has 2 aliphatic heterocycles. The molecule has 2 aliphatic rings. The van der Waals surface area contributed by atoms with Crippen LogP contribution in [0.2, 0.25) is 0 Å². The number of fused-ring (bicyclic) bond motifs is 2. The first-order valence-electron chi connectivity index (χ1n) is 14.0. The second-order valence-electron chi connectivity index (χ2n) is 10.7. The number of carboxylic acids is 3. The van der Waals surface area contributed by atoms with Crippen molar-refractivity contribution < 1.29 is 69.2 Å². The minimum Gasteiger partial charge on any atom is -0.475 e. The molecule has 3 aromatic rings. The van der Waals surface area contributed by atoms with Gasteiger partial charge in [-0.25, -0.2) is 19.1 Å². The fraction of sp³-hybridized carbons (Fsp3) is 0.429. The quantitative estimate of drug-likeness (QED) is 0.261. The largest absolute Gasteiger partial charge is 0.490 e. The lowest BCUT2D eigenvalue weighted by molar-refractivity contribution is -0.193. The van der Waals surface area contributed by atoms with Crippen LogP contribution in [0.25, 0.3) is 0 Å². The molecule has 0 aromatic carbocycles. The summed E-state index contributed by atoms with van der Waals surface area (Å²) in [7, 11) is 0. The molecule has 1 saturated heterocycles. The van der Waals surface area contributed by atoms with Crippen LogP contribution in [0.3, 0.4) is 0 Å². The average molecular weight is 747 g/mol. The molecule has 1 atom stereocenters. The number of carbonyl (C=O) groups is 3. The number of alkyl halides is 9. The molecule has 14 nitrogen and oxygen atoms in total. The average Bonchev–Trinajstić information content (AvgIpc) is 3.58. The van der Waals surface area contributed by atoms with Crippen molar-refractivity contribution in [3.8, 4) is 0 Å². The van der Waals surface area contributed by atoms with Gasteiger partial charge < -0.3 is 15.3 Å². The summed E-state index contributed by atoms with van der Waals surface area (Å²) < 4.78 is 98.1. The second-order valence-corrected chi connectivity index (χ2v) is 10.7. The zero-order valence-electron chi connectivity index (χ0n) is 26.0. The van der Waals surface area contributed by atoms with Crippen LogP contribution < -0.4 is 11.1 Å². The van der Waals surface area contributed by atoms with E-state index in [4.69, 9.17) is 29.7 Å². The smallest absolute Gasteiger partial charge is 0.475 e. The molecule has 1 fully saturated rings. The summed E-state index contributed by atoms with van der Waals surface area (Å²) >= 11 is 0. The van der Waals surface area contributed by atoms with Crippen LogP contribution in [0.1, 0.15) is 35.7 Å². The Morgan fingerprint density at radius 3 is 1.73 bits per heavy atom. The molecule has 0 aliphatic carbocycles. The highest BCUT2D eigenvalue weighted by Gasteiger charge is 2.47. The third-order valence-corrected chi connectivity index (χ3v) is 6.95. The van der Waals surface area contributed by atoms with Gasteiger partial charge in [0, 0.05) is 36.9 Å². The number of hydrogen-bond donors (Lipinski definition) is 3. The normalized spacial score (nSPS) is 16.8. The van der Waals surface area contributed by atoms with Crippen molar-refractivity contribution in [3.05, 3.63) is 86.2 Å². The molecule has 0 amide bonds. The van der Waals surface area contributed by atoms with Crippen LogP contribution in [0, 0.1) is 6.92 Å². The van der Waals surface area contributed by atoms with Gasteiger partial charge in [-0.15, -0.1) is 0 Å². The summed E-state index contributed by atoms with van der Waals surface area (Å²) in [4.78, 5) is 63.3. The van der Waals surface area contributed by atoms with Gasteiger partial charge in [-0.05, 0) is 50.6 Å². The van der Waals surface area contributed by atoms with Gasteiger partial charge in [-0.2, -0.15) is 44.6 Å². The number of likely N-dealkylation sites (tertiary alicyclic amines) is 1. The fourth-order valence-electron chi connectivity index (χ4n) is 4.72. The van der Waals surface area contributed by atoms with Crippen molar-refractivity contribution in [2.75, 3.05) is 13.1 Å². The Hall–Kier alpha value is -5.35. The maximum Gasteiger partial charge on any atom is 0.490 e. The van der Waals surface area contributed by atoms with Gasteiger partial charge in [0.15, 0.2) is 0 Å². The number of halogens is 9. The summed E-state index contributed by atoms with van der Waals surface area (Å²) in [6, 6.07) is 11.6. The van der Waals surface area contributed by atoms with E-state index in [9.17, 15) is 49.1 Å². The molecule has 5 heterocycles. The van der Waals surface area contributed by atoms with E-state index in [2.05, 4.69) is 20.0 Å². The lowest BCUT2D eigenvalue weighted by atomic mass is 9.85. The Kier molecular flexibility index (Phi) is 13.6. The van der Waals surface area contributed by atoms with E-state index in [1.54, 1.807) is 10.8 Å². The van der Waals surface area contributed by atoms with Gasteiger partial charge >= 0.3 is 47.6 Å². The summed E-state index contributed by atoms with van der Waals surface area (Å²) in [6.45, 7) is 5.27. The third-order valence-electron chi connectivity index (χ3n) is 6.95. The number of aromatic nitrogens is 5. The number of aryl methyl sites for hydroxylation is 1. The Labute approximate surface area is 279 Å². The van der Waals surface area contributed by atoms with Gasteiger partial charge in [-0.3, -0.25) is 29.0 Å². The van der Waals surface area contributed by atoms with E-state index < -0.39 is 47.6 Å². The highest BCUT2D eigenvalue weighted by atomic mass is 19.4. The van der Waals surface area contributed by atoms with E-state index in [0.29, 0.717) is 12.2 Å². The molecule has 0 radical (unpaired) electrons. The molecule has 0 bridgehead atoms. The molecular weight excluding hydrogens is 719 g/mol. The third kappa shape index (κ3) is 12.2. The van der Waals surface area contributed by atoms with Crippen molar-refractivity contribution in [1.82, 2.24) is 29.2 Å². The molecule has 5 rings (SSSR count). The van der Waals surface area contributed by atoms with Gasteiger partial charge in [0.25, 0.3) is 0 Å². The maximum atomic E-state index is 12.8. The number of carboxylic acid groups (broad SMARTS) is 3. The zero-order chi connectivity index (χ0) is 38.9. The van der Waals surface area contributed by atoms with Crippen molar-refractivity contribution >= 4 is 17.9 Å². The van der Waals surface area contributed by atoms with Crippen LogP contribution in [0.4, 0.5) is 39.5 Å². The molecule has 0 saturated carbocycles. The first-order valence-corrected chi connectivity index (χ1v) is 14.0. The number of hydrogen-bond acceptors (Lipinski definition) is 9. The Balaban J connectivity index is 0.000000352. The first kappa shape index (κ1) is 41.8. The highest BCUT2D eigenvalue weighted by Crippen LogP contribution is 2.40. The number of rotatable bonds is 4. The van der Waals surface area contributed by atoms with Crippen LogP contribution >= 0.6 is 0 Å². The first-order chi connectivity index (χ1) is 23.4. The van der Waals surface area contributed by atoms with Gasteiger partial charge in [0.2, 0.25) is 0 Å². The second kappa shape index (κ2) is 16.6. The lowest BCUT2D eigenvalue weighted by Gasteiger charge is -2.23. The summed E-state index contributed by atoms with van der Waals surface area (Å²) in [6.07, 6.45) is -11.8. The lowest BCUT2D eigenvalue weighted by Crippen LogP contribution is -2.45. The molecule has 280 valence electrons. The molecule has 1 unspecified atom stereocenters. The highest BCUT2D eigenvalue weighted by molar-refractivity contribution is 5.73. The van der Waals surface area contributed by atoms with Crippen molar-refractivity contribution in [1.29, 1.82) is 0 Å². The topological polar surface area (TPSA) is 198 Å².